The zero-order chi connectivity index (χ0) is 14.9. The van der Waals surface area contributed by atoms with Gasteiger partial charge in [-0.15, -0.1) is 11.3 Å². The molecular weight excluding hydrogens is 274 g/mol. The Kier molecular flexibility index (Phi) is 4.25. The van der Waals surface area contributed by atoms with Gasteiger partial charge in [-0.05, 0) is 26.8 Å². The second-order valence-electron chi connectivity index (χ2n) is 4.82. The summed E-state index contributed by atoms with van der Waals surface area (Å²) in [6.45, 7) is 6.20. The molecule has 0 saturated carbocycles. The molecule has 0 spiro atoms. The highest BCUT2D eigenvalue weighted by Gasteiger charge is 2.18. The number of aryl methyl sites for hydroxylation is 2. The van der Waals surface area contributed by atoms with E-state index in [0.29, 0.717) is 17.1 Å². The van der Waals surface area contributed by atoms with Crippen LogP contribution in [0.2, 0.25) is 0 Å². The van der Waals surface area contributed by atoms with Crippen LogP contribution in [0.4, 0.5) is 5.69 Å². The molecule has 108 valence electrons. The molecule has 5 nitrogen and oxygen atoms in total. The minimum absolute atomic E-state index is 0.0276. The highest BCUT2D eigenvalue weighted by molar-refractivity contribution is 7.21. The van der Waals surface area contributed by atoms with Gasteiger partial charge in [0.1, 0.15) is 4.88 Å². The van der Waals surface area contributed by atoms with Crippen molar-refractivity contribution in [3.8, 4) is 0 Å². The normalized spacial score (nSPS) is 12.6. The van der Waals surface area contributed by atoms with Crippen LogP contribution in [0.25, 0.3) is 10.1 Å². The van der Waals surface area contributed by atoms with Crippen LogP contribution >= 0.6 is 11.3 Å². The van der Waals surface area contributed by atoms with Gasteiger partial charge in [-0.1, -0.05) is 0 Å². The maximum absolute atomic E-state index is 12.2. The molecule has 0 aliphatic carbocycles. The first-order valence-corrected chi connectivity index (χ1v) is 7.23. The van der Waals surface area contributed by atoms with Gasteiger partial charge >= 0.3 is 0 Å². The Hall–Kier alpha value is -1.66. The molecule has 2 aromatic rings. The quantitative estimate of drug-likeness (QED) is 0.906. The Morgan fingerprint density at radius 2 is 2.25 bits per heavy atom. The number of nitrogens with one attached hydrogen (secondary N) is 1. The summed E-state index contributed by atoms with van der Waals surface area (Å²) in [6, 6.07) is 1.96. The summed E-state index contributed by atoms with van der Waals surface area (Å²) < 4.78 is 6.11. The van der Waals surface area contributed by atoms with Crippen molar-refractivity contribution in [3.05, 3.63) is 22.3 Å². The fourth-order valence-electron chi connectivity index (χ4n) is 2.05. The largest absolute Gasteiger partial charge is 0.397 e. The fourth-order valence-corrected chi connectivity index (χ4v) is 3.23. The molecule has 3 N–H and O–H groups in total. The molecule has 1 atom stereocenters. The molecule has 0 fully saturated rings. The second-order valence-corrected chi connectivity index (χ2v) is 5.88. The first kappa shape index (κ1) is 14.7. The SMILES string of the molecule is COC(C)CNC(=O)c1sc2cc(C)nc(C)c2c1N. The summed E-state index contributed by atoms with van der Waals surface area (Å²) in [4.78, 5) is 17.1. The summed E-state index contributed by atoms with van der Waals surface area (Å²) in [7, 11) is 1.61. The lowest BCUT2D eigenvalue weighted by molar-refractivity contribution is 0.0874. The number of hydrogen-bond acceptors (Lipinski definition) is 5. The monoisotopic (exact) mass is 293 g/mol. The Morgan fingerprint density at radius 3 is 2.90 bits per heavy atom. The number of methoxy groups -OCH3 is 1. The first-order valence-electron chi connectivity index (χ1n) is 6.41. The highest BCUT2D eigenvalue weighted by Crippen LogP contribution is 2.35. The Labute approximate surface area is 122 Å². The number of aromatic nitrogens is 1. The lowest BCUT2D eigenvalue weighted by atomic mass is 10.2. The van der Waals surface area contributed by atoms with Crippen molar-refractivity contribution in [1.82, 2.24) is 10.3 Å². The number of pyridine rings is 1. The van der Waals surface area contributed by atoms with Gasteiger partial charge in [0.25, 0.3) is 5.91 Å². The van der Waals surface area contributed by atoms with E-state index in [1.54, 1.807) is 7.11 Å². The van der Waals surface area contributed by atoms with Gasteiger partial charge < -0.3 is 15.8 Å². The van der Waals surface area contributed by atoms with E-state index in [4.69, 9.17) is 10.5 Å². The number of carbonyl (C=O) groups is 1. The van der Waals surface area contributed by atoms with E-state index in [0.717, 1.165) is 21.5 Å². The topological polar surface area (TPSA) is 77.2 Å². The van der Waals surface area contributed by atoms with Crippen LogP contribution in [-0.4, -0.2) is 30.6 Å². The van der Waals surface area contributed by atoms with E-state index in [1.165, 1.54) is 11.3 Å². The van der Waals surface area contributed by atoms with Gasteiger partial charge in [-0.3, -0.25) is 9.78 Å². The van der Waals surface area contributed by atoms with Gasteiger partial charge in [0.05, 0.1) is 11.8 Å². The Morgan fingerprint density at radius 1 is 1.55 bits per heavy atom. The number of ether oxygens (including phenoxy) is 1. The van der Waals surface area contributed by atoms with Crippen molar-refractivity contribution < 1.29 is 9.53 Å². The molecule has 0 saturated heterocycles. The summed E-state index contributed by atoms with van der Waals surface area (Å²) in [5, 5.41) is 3.71. The molecule has 0 radical (unpaired) electrons. The van der Waals surface area contributed by atoms with Crippen molar-refractivity contribution in [2.75, 3.05) is 19.4 Å². The standard InChI is InChI=1S/C14H19N3O2S/c1-7-5-10-11(9(3)17-7)12(15)13(20-10)14(18)16-6-8(2)19-4/h5,8H,6,15H2,1-4H3,(H,16,18). The molecule has 6 heteroatoms. The predicted octanol–water partition coefficient (Wildman–Crippen LogP) is 2.26. The number of nitrogens with zero attached hydrogens (tertiary/aromatic N) is 1. The minimum atomic E-state index is -0.162. The van der Waals surface area contributed by atoms with E-state index in [1.807, 2.05) is 26.8 Å². The van der Waals surface area contributed by atoms with Crippen LogP contribution in [-0.2, 0) is 4.74 Å². The third kappa shape index (κ3) is 2.76. The van der Waals surface area contributed by atoms with E-state index >= 15 is 0 Å². The maximum atomic E-state index is 12.2. The average molecular weight is 293 g/mol. The van der Waals surface area contributed by atoms with Crippen LogP contribution in [0.1, 0.15) is 28.0 Å². The van der Waals surface area contributed by atoms with Crippen LogP contribution in [0, 0.1) is 13.8 Å². The number of anilines is 1. The predicted molar refractivity (Wildman–Crippen MR) is 82.3 cm³/mol. The summed E-state index contributed by atoms with van der Waals surface area (Å²) in [6.07, 6.45) is -0.0276. The zero-order valence-electron chi connectivity index (χ0n) is 12.1. The number of hydrogen-bond donors (Lipinski definition) is 2. The number of nitrogen functional groups attached to an aromatic ring is 1. The average Bonchev–Trinajstić information content (AvgIpc) is 2.72. The van der Waals surface area contributed by atoms with Gasteiger partial charge in [0.15, 0.2) is 0 Å². The number of fused-ring (bicyclic) bond motifs is 1. The van der Waals surface area contributed by atoms with Crippen molar-refractivity contribution >= 4 is 33.0 Å². The molecule has 0 aliphatic heterocycles. The molecule has 0 aliphatic rings. The third-order valence-electron chi connectivity index (χ3n) is 3.18. The summed E-state index contributed by atoms with van der Waals surface area (Å²) in [5.74, 6) is -0.162. The minimum Gasteiger partial charge on any atom is -0.397 e. The number of rotatable bonds is 4. The number of thiophene rings is 1. The van der Waals surface area contributed by atoms with E-state index in [9.17, 15) is 4.79 Å². The van der Waals surface area contributed by atoms with E-state index in [-0.39, 0.29) is 12.0 Å². The molecule has 1 unspecified atom stereocenters. The third-order valence-corrected chi connectivity index (χ3v) is 4.33. The van der Waals surface area contributed by atoms with Crippen molar-refractivity contribution in [2.45, 2.75) is 26.9 Å². The van der Waals surface area contributed by atoms with Crippen LogP contribution in [0.15, 0.2) is 6.07 Å². The zero-order valence-corrected chi connectivity index (χ0v) is 12.9. The highest BCUT2D eigenvalue weighted by atomic mass is 32.1. The molecule has 1 amide bonds. The van der Waals surface area contributed by atoms with Gasteiger partial charge in [0.2, 0.25) is 0 Å². The van der Waals surface area contributed by atoms with Gasteiger partial charge in [0, 0.05) is 35.1 Å². The molecule has 20 heavy (non-hydrogen) atoms. The van der Waals surface area contributed by atoms with E-state index in [2.05, 4.69) is 10.3 Å². The van der Waals surface area contributed by atoms with Crippen molar-refractivity contribution in [2.24, 2.45) is 0 Å². The van der Waals surface area contributed by atoms with Crippen molar-refractivity contribution in [3.63, 3.8) is 0 Å². The van der Waals surface area contributed by atoms with Crippen LogP contribution in [0.5, 0.6) is 0 Å². The number of carbonyl (C=O) groups excluding carboxylic acids is 1. The van der Waals surface area contributed by atoms with Gasteiger partial charge in [-0.2, -0.15) is 0 Å². The first-order chi connectivity index (χ1) is 9.43. The van der Waals surface area contributed by atoms with Crippen LogP contribution in [0.3, 0.4) is 0 Å². The summed E-state index contributed by atoms with van der Waals surface area (Å²) in [5.41, 5.74) is 8.41. The smallest absolute Gasteiger partial charge is 0.263 e. The molecule has 0 aromatic carbocycles. The molecule has 0 bridgehead atoms. The van der Waals surface area contributed by atoms with Crippen molar-refractivity contribution in [1.29, 1.82) is 0 Å². The Bertz CT molecular complexity index is 651. The summed E-state index contributed by atoms with van der Waals surface area (Å²) >= 11 is 1.40. The maximum Gasteiger partial charge on any atom is 0.263 e. The molecule has 2 rings (SSSR count). The van der Waals surface area contributed by atoms with E-state index < -0.39 is 0 Å². The fraction of sp³-hybridized carbons (Fsp3) is 0.429. The lowest BCUT2D eigenvalue weighted by Crippen LogP contribution is -2.31. The molecule has 2 aromatic heterocycles. The lowest BCUT2D eigenvalue weighted by Gasteiger charge is -2.10. The molecule has 2 heterocycles. The van der Waals surface area contributed by atoms with Crippen LogP contribution < -0.4 is 11.1 Å². The number of amides is 1. The number of nitrogens with two attached hydrogens (primary N) is 1. The molecular formula is C14H19N3O2S. The van der Waals surface area contributed by atoms with Gasteiger partial charge in [-0.25, -0.2) is 0 Å². The second kappa shape index (κ2) is 5.76. The Balaban J connectivity index is 2.33.